The maximum Gasteiger partial charge on any atom is 0.266 e. The molecule has 1 fully saturated rings. The topological polar surface area (TPSA) is 49.4 Å². The summed E-state index contributed by atoms with van der Waals surface area (Å²) >= 11 is 6.81. The van der Waals surface area contributed by atoms with Gasteiger partial charge in [-0.05, 0) is 54.7 Å². The molecule has 0 aliphatic carbocycles. The van der Waals surface area contributed by atoms with Crippen molar-refractivity contribution in [2.24, 2.45) is 0 Å². The van der Waals surface area contributed by atoms with Crippen LogP contribution in [-0.4, -0.2) is 27.6 Å². The summed E-state index contributed by atoms with van der Waals surface area (Å²) in [5, 5.41) is 2.92. The predicted molar refractivity (Wildman–Crippen MR) is 150 cm³/mol. The summed E-state index contributed by atoms with van der Waals surface area (Å²) in [7, 11) is 0. The fourth-order valence-electron chi connectivity index (χ4n) is 3.84. The Morgan fingerprint density at radius 3 is 2.31 bits per heavy atom. The highest BCUT2D eigenvalue weighted by molar-refractivity contribution is 8.26. The highest BCUT2D eigenvalue weighted by atomic mass is 32.2. The molecule has 2 amide bonds. The molecule has 4 nitrogen and oxygen atoms in total. The SMILES string of the molecule is Cc1ccc(NC(=O)CCCCCN2C(=O)/C(=C/c3ccc(-c4ccccc4)cc3)SC2=S)cc1. The standard InChI is InChI=1S/C29H28N2O2S2/c1-21-11-17-25(18-12-21)30-27(32)10-6-3-7-19-31-28(33)26(35-29(31)34)20-22-13-15-24(16-14-22)23-8-4-2-5-9-23/h2,4-5,8-9,11-18,20H,3,6-7,10,19H2,1H3,(H,30,32)/b26-20-. The monoisotopic (exact) mass is 500 g/mol. The van der Waals surface area contributed by atoms with Gasteiger partial charge in [-0.1, -0.05) is 103 Å². The fraction of sp³-hybridized carbons (Fsp3) is 0.207. The van der Waals surface area contributed by atoms with Gasteiger partial charge in [-0.2, -0.15) is 0 Å². The van der Waals surface area contributed by atoms with Gasteiger partial charge in [0.2, 0.25) is 5.91 Å². The lowest BCUT2D eigenvalue weighted by molar-refractivity contribution is -0.122. The number of thiocarbonyl (C=S) groups is 1. The van der Waals surface area contributed by atoms with E-state index in [1.54, 1.807) is 4.90 Å². The van der Waals surface area contributed by atoms with Crippen LogP contribution in [0.15, 0.2) is 83.8 Å². The van der Waals surface area contributed by atoms with Crippen LogP contribution in [0, 0.1) is 6.92 Å². The van der Waals surface area contributed by atoms with Gasteiger partial charge in [-0.25, -0.2) is 0 Å². The second kappa shape index (κ2) is 12.0. The van der Waals surface area contributed by atoms with Gasteiger partial charge in [0, 0.05) is 18.7 Å². The minimum Gasteiger partial charge on any atom is -0.326 e. The molecule has 0 saturated carbocycles. The number of carbonyl (C=O) groups excluding carboxylic acids is 2. The minimum absolute atomic E-state index is 0.0145. The molecule has 3 aromatic carbocycles. The summed E-state index contributed by atoms with van der Waals surface area (Å²) in [5.74, 6) is -0.0232. The number of hydrogen-bond donors (Lipinski definition) is 1. The van der Waals surface area contributed by atoms with E-state index < -0.39 is 0 Å². The number of nitrogens with zero attached hydrogens (tertiary/aromatic N) is 1. The number of anilines is 1. The molecule has 1 N–H and O–H groups in total. The van der Waals surface area contributed by atoms with Gasteiger partial charge in [0.1, 0.15) is 4.32 Å². The van der Waals surface area contributed by atoms with Crippen LogP contribution in [0.2, 0.25) is 0 Å². The summed E-state index contributed by atoms with van der Waals surface area (Å²) in [4.78, 5) is 27.4. The zero-order chi connectivity index (χ0) is 24.6. The van der Waals surface area contributed by atoms with Crippen LogP contribution >= 0.6 is 24.0 Å². The van der Waals surface area contributed by atoms with E-state index in [1.807, 2.05) is 67.6 Å². The number of unbranched alkanes of at least 4 members (excludes halogenated alkanes) is 2. The Hall–Kier alpha value is -3.22. The maximum atomic E-state index is 12.9. The lowest BCUT2D eigenvalue weighted by Crippen LogP contribution is -2.29. The van der Waals surface area contributed by atoms with E-state index in [0.717, 1.165) is 47.2 Å². The first-order valence-electron chi connectivity index (χ1n) is 11.8. The van der Waals surface area contributed by atoms with Gasteiger partial charge in [-0.3, -0.25) is 14.5 Å². The molecule has 1 aliphatic heterocycles. The fourth-order valence-corrected chi connectivity index (χ4v) is 5.15. The molecule has 1 heterocycles. The normalized spacial score (nSPS) is 14.5. The molecule has 0 bridgehead atoms. The number of aryl methyl sites for hydroxylation is 1. The average Bonchev–Trinajstić information content (AvgIpc) is 3.13. The molecule has 0 radical (unpaired) electrons. The maximum absolute atomic E-state index is 12.9. The van der Waals surface area contributed by atoms with E-state index in [4.69, 9.17) is 12.2 Å². The lowest BCUT2D eigenvalue weighted by Gasteiger charge is -2.14. The second-order valence-corrected chi connectivity index (χ2v) is 10.2. The molecule has 0 atom stereocenters. The van der Waals surface area contributed by atoms with Crippen molar-refractivity contribution in [3.05, 3.63) is 94.9 Å². The molecule has 0 aromatic heterocycles. The minimum atomic E-state index is -0.0377. The van der Waals surface area contributed by atoms with E-state index in [2.05, 4.69) is 29.6 Å². The number of rotatable bonds is 9. The molecular weight excluding hydrogens is 472 g/mol. The first-order valence-corrected chi connectivity index (χ1v) is 13.0. The molecule has 35 heavy (non-hydrogen) atoms. The van der Waals surface area contributed by atoms with E-state index in [9.17, 15) is 9.59 Å². The number of hydrogen-bond acceptors (Lipinski definition) is 4. The van der Waals surface area contributed by atoms with Gasteiger partial charge in [0.25, 0.3) is 5.91 Å². The van der Waals surface area contributed by atoms with Crippen molar-refractivity contribution >= 4 is 51.9 Å². The van der Waals surface area contributed by atoms with Crippen LogP contribution in [0.25, 0.3) is 17.2 Å². The third-order valence-electron chi connectivity index (χ3n) is 5.81. The zero-order valence-electron chi connectivity index (χ0n) is 19.7. The van der Waals surface area contributed by atoms with Crippen molar-refractivity contribution in [1.29, 1.82) is 0 Å². The molecular formula is C29H28N2O2S2. The van der Waals surface area contributed by atoms with Gasteiger partial charge < -0.3 is 5.32 Å². The third kappa shape index (κ3) is 6.90. The van der Waals surface area contributed by atoms with Crippen LogP contribution in [0.3, 0.4) is 0 Å². The van der Waals surface area contributed by atoms with Gasteiger partial charge in [-0.15, -0.1) is 0 Å². The van der Waals surface area contributed by atoms with Gasteiger partial charge in [0.15, 0.2) is 0 Å². The summed E-state index contributed by atoms with van der Waals surface area (Å²) < 4.78 is 0.597. The summed E-state index contributed by atoms with van der Waals surface area (Å²) in [6.07, 6.45) is 4.81. The molecule has 178 valence electrons. The predicted octanol–water partition coefficient (Wildman–Crippen LogP) is 7.06. The van der Waals surface area contributed by atoms with Crippen LogP contribution in [0.5, 0.6) is 0 Å². The molecule has 3 aromatic rings. The van der Waals surface area contributed by atoms with Gasteiger partial charge in [0.05, 0.1) is 4.91 Å². The van der Waals surface area contributed by atoms with E-state index in [1.165, 1.54) is 11.8 Å². The Morgan fingerprint density at radius 2 is 1.60 bits per heavy atom. The Balaban J connectivity index is 1.23. The Labute approximate surface area is 216 Å². The molecule has 1 saturated heterocycles. The van der Waals surface area contributed by atoms with Crippen molar-refractivity contribution in [3.8, 4) is 11.1 Å². The van der Waals surface area contributed by atoms with Crippen LogP contribution in [-0.2, 0) is 9.59 Å². The summed E-state index contributed by atoms with van der Waals surface area (Å²) in [5.41, 5.74) is 5.26. The average molecular weight is 501 g/mol. The van der Waals surface area contributed by atoms with Gasteiger partial charge >= 0.3 is 0 Å². The van der Waals surface area contributed by atoms with Crippen molar-refractivity contribution < 1.29 is 9.59 Å². The molecule has 6 heteroatoms. The zero-order valence-corrected chi connectivity index (χ0v) is 21.3. The molecule has 4 rings (SSSR count). The van der Waals surface area contributed by atoms with Crippen LogP contribution < -0.4 is 5.32 Å². The first-order chi connectivity index (χ1) is 17.0. The number of nitrogens with one attached hydrogen (secondary N) is 1. The van der Waals surface area contributed by atoms with Crippen LogP contribution in [0.1, 0.15) is 36.8 Å². The molecule has 1 aliphatic rings. The van der Waals surface area contributed by atoms with Crippen molar-refractivity contribution in [2.75, 3.05) is 11.9 Å². The smallest absolute Gasteiger partial charge is 0.266 e. The number of thioether (sulfide) groups is 1. The largest absolute Gasteiger partial charge is 0.326 e. The lowest BCUT2D eigenvalue weighted by atomic mass is 10.0. The van der Waals surface area contributed by atoms with Crippen molar-refractivity contribution in [2.45, 2.75) is 32.6 Å². The number of benzene rings is 3. The van der Waals surface area contributed by atoms with E-state index >= 15 is 0 Å². The highest BCUT2D eigenvalue weighted by Crippen LogP contribution is 2.33. The Kier molecular flexibility index (Phi) is 8.50. The summed E-state index contributed by atoms with van der Waals surface area (Å²) in [6.45, 7) is 2.59. The molecule has 0 spiro atoms. The third-order valence-corrected chi connectivity index (χ3v) is 7.19. The van der Waals surface area contributed by atoms with E-state index in [-0.39, 0.29) is 11.8 Å². The Bertz CT molecular complexity index is 1220. The van der Waals surface area contributed by atoms with Crippen LogP contribution in [0.4, 0.5) is 5.69 Å². The molecule has 0 unspecified atom stereocenters. The van der Waals surface area contributed by atoms with Crippen molar-refractivity contribution in [3.63, 3.8) is 0 Å². The number of amides is 2. The van der Waals surface area contributed by atoms with Crippen molar-refractivity contribution in [1.82, 2.24) is 4.90 Å². The second-order valence-electron chi connectivity index (χ2n) is 8.55. The van der Waals surface area contributed by atoms with E-state index in [0.29, 0.717) is 22.2 Å². The highest BCUT2D eigenvalue weighted by Gasteiger charge is 2.31. The number of carbonyl (C=O) groups is 2. The summed E-state index contributed by atoms with van der Waals surface area (Å²) in [6, 6.07) is 26.2. The quantitative estimate of drug-likeness (QED) is 0.194. The first kappa shape index (κ1) is 24.9. The Morgan fingerprint density at radius 1 is 0.914 bits per heavy atom.